The number of sulfone groups is 1. The topological polar surface area (TPSA) is 86.8 Å². The van der Waals surface area contributed by atoms with Crippen molar-refractivity contribution >= 4 is 27.4 Å². The number of nitrogens with zero attached hydrogens (tertiary/aromatic N) is 4. The van der Waals surface area contributed by atoms with Crippen LogP contribution in [0.25, 0.3) is 5.69 Å². The quantitative estimate of drug-likeness (QED) is 0.385. The number of Topliss-reactive ketones (excluding diaryl/α,β-unsaturated/α-hetero) is 1. The van der Waals surface area contributed by atoms with Gasteiger partial charge in [-0.05, 0) is 51.3 Å². The van der Waals surface area contributed by atoms with Gasteiger partial charge in [0.1, 0.15) is 5.82 Å². The summed E-state index contributed by atoms with van der Waals surface area (Å²) in [6.07, 6.45) is 2.85. The molecule has 2 aliphatic rings. The summed E-state index contributed by atoms with van der Waals surface area (Å²) in [5.74, 6) is 2.04. The Morgan fingerprint density at radius 2 is 1.88 bits per heavy atom. The van der Waals surface area contributed by atoms with Gasteiger partial charge < -0.3 is 4.57 Å². The fourth-order valence-electron chi connectivity index (χ4n) is 4.61. The Bertz CT molecular complexity index is 1270. The lowest BCUT2D eigenvalue weighted by Crippen LogP contribution is -2.14. The van der Waals surface area contributed by atoms with Crippen LogP contribution in [0.4, 0.5) is 0 Å². The van der Waals surface area contributed by atoms with E-state index in [0.29, 0.717) is 17.9 Å². The Labute approximate surface area is 192 Å². The summed E-state index contributed by atoms with van der Waals surface area (Å²) in [6, 6.07) is 11.8. The molecule has 1 atom stereocenters. The molecule has 1 saturated carbocycles. The lowest BCUT2D eigenvalue weighted by atomic mass is 10.2. The minimum atomic E-state index is -2.99. The zero-order valence-electron chi connectivity index (χ0n) is 18.2. The molecule has 0 spiro atoms. The second-order valence-corrected chi connectivity index (χ2v) is 11.9. The molecule has 2 aromatic heterocycles. The molecule has 168 valence electrons. The number of benzene rings is 1. The van der Waals surface area contributed by atoms with Crippen molar-refractivity contribution in [2.75, 3.05) is 17.3 Å². The van der Waals surface area contributed by atoms with Crippen molar-refractivity contribution in [3.8, 4) is 5.69 Å². The number of aryl methyl sites for hydroxylation is 1. The molecule has 3 aromatic rings. The van der Waals surface area contributed by atoms with Gasteiger partial charge in [-0.15, -0.1) is 10.2 Å². The summed E-state index contributed by atoms with van der Waals surface area (Å²) >= 11 is 1.40. The predicted octanol–water partition coefficient (Wildman–Crippen LogP) is 3.90. The molecule has 32 heavy (non-hydrogen) atoms. The molecule has 0 bridgehead atoms. The maximum atomic E-state index is 13.1. The molecule has 2 fully saturated rings. The normalized spacial score (nSPS) is 20.0. The van der Waals surface area contributed by atoms with Gasteiger partial charge in [-0.25, -0.2) is 8.42 Å². The third-order valence-corrected chi connectivity index (χ3v) is 8.99. The third-order valence-electron chi connectivity index (χ3n) is 6.31. The molecule has 5 rings (SSSR count). The lowest BCUT2D eigenvalue weighted by Gasteiger charge is -2.16. The van der Waals surface area contributed by atoms with E-state index in [2.05, 4.69) is 14.8 Å². The fraction of sp³-hybridized carbons (Fsp3) is 0.435. The van der Waals surface area contributed by atoms with E-state index in [4.69, 9.17) is 0 Å². The molecule has 1 aliphatic carbocycles. The van der Waals surface area contributed by atoms with Gasteiger partial charge in [0, 0.05) is 34.6 Å². The smallest absolute Gasteiger partial charge is 0.196 e. The number of ketones is 1. The number of carbonyl (C=O) groups excluding carboxylic acids is 1. The molecule has 0 radical (unpaired) electrons. The summed E-state index contributed by atoms with van der Waals surface area (Å²) in [4.78, 5) is 13.1. The third kappa shape index (κ3) is 4.03. The number of carbonyl (C=O) groups is 1. The number of para-hydroxylation sites is 1. The van der Waals surface area contributed by atoms with Crippen LogP contribution in [-0.2, 0) is 9.84 Å². The molecule has 1 aromatic carbocycles. The van der Waals surface area contributed by atoms with Crippen LogP contribution in [0.1, 0.15) is 58.8 Å². The van der Waals surface area contributed by atoms with E-state index >= 15 is 0 Å². The molecule has 1 saturated heterocycles. The molecular formula is C23H26N4O3S2. The molecule has 0 N–H and O–H groups in total. The van der Waals surface area contributed by atoms with Gasteiger partial charge in [-0.2, -0.15) is 0 Å². The number of hydrogen-bond acceptors (Lipinski definition) is 6. The minimum Gasteiger partial charge on any atom is -0.344 e. The number of rotatable bonds is 7. The van der Waals surface area contributed by atoms with E-state index < -0.39 is 9.84 Å². The van der Waals surface area contributed by atoms with Crippen molar-refractivity contribution in [2.45, 2.75) is 50.2 Å². The Kier molecular flexibility index (Phi) is 5.49. The Hall–Kier alpha value is -2.39. The minimum absolute atomic E-state index is 0.0192. The highest BCUT2D eigenvalue weighted by atomic mass is 32.2. The highest BCUT2D eigenvalue weighted by Gasteiger charge is 2.33. The Morgan fingerprint density at radius 3 is 2.53 bits per heavy atom. The van der Waals surface area contributed by atoms with Gasteiger partial charge in [0.15, 0.2) is 20.8 Å². The summed E-state index contributed by atoms with van der Waals surface area (Å²) in [7, 11) is -2.99. The maximum absolute atomic E-state index is 13.1. The zero-order valence-corrected chi connectivity index (χ0v) is 19.8. The van der Waals surface area contributed by atoms with Gasteiger partial charge in [0.05, 0.1) is 17.3 Å². The summed E-state index contributed by atoms with van der Waals surface area (Å²) < 4.78 is 28.0. The van der Waals surface area contributed by atoms with E-state index in [1.54, 1.807) is 0 Å². The van der Waals surface area contributed by atoms with Crippen LogP contribution in [0.3, 0.4) is 0 Å². The van der Waals surface area contributed by atoms with Crippen LogP contribution in [0.15, 0.2) is 41.6 Å². The van der Waals surface area contributed by atoms with Crippen LogP contribution in [-0.4, -0.2) is 50.8 Å². The van der Waals surface area contributed by atoms with Gasteiger partial charge >= 0.3 is 0 Å². The van der Waals surface area contributed by atoms with Crippen LogP contribution in [0, 0.1) is 13.8 Å². The van der Waals surface area contributed by atoms with Gasteiger partial charge in [-0.3, -0.25) is 9.36 Å². The van der Waals surface area contributed by atoms with E-state index in [9.17, 15) is 13.2 Å². The number of aromatic nitrogens is 4. The first-order valence-electron chi connectivity index (χ1n) is 10.9. The second-order valence-electron chi connectivity index (χ2n) is 8.71. The standard InChI is InChI=1S/C23H26N4O3S2/c1-15-12-20(16(2)26(15)19-10-11-32(29,30)14-19)21(28)13-31-23-25-24-22(17-8-9-17)27(23)18-6-4-3-5-7-18/h3-7,12,17,19H,8-11,13-14H2,1-2H3. The van der Waals surface area contributed by atoms with Crippen molar-refractivity contribution < 1.29 is 13.2 Å². The van der Waals surface area contributed by atoms with E-state index in [-0.39, 0.29) is 29.1 Å². The van der Waals surface area contributed by atoms with Crippen LogP contribution in [0.5, 0.6) is 0 Å². The van der Waals surface area contributed by atoms with Crippen molar-refractivity contribution in [1.82, 2.24) is 19.3 Å². The molecule has 7 nitrogen and oxygen atoms in total. The molecule has 0 amide bonds. The van der Waals surface area contributed by atoms with Crippen LogP contribution < -0.4 is 0 Å². The van der Waals surface area contributed by atoms with Gasteiger partial charge in [0.2, 0.25) is 0 Å². The summed E-state index contributed by atoms with van der Waals surface area (Å²) in [6.45, 7) is 3.85. The number of hydrogen-bond donors (Lipinski definition) is 0. The fourth-order valence-corrected chi connectivity index (χ4v) is 7.15. The van der Waals surface area contributed by atoms with Crippen molar-refractivity contribution in [3.63, 3.8) is 0 Å². The molecule has 1 unspecified atom stereocenters. The van der Waals surface area contributed by atoms with E-state index in [1.807, 2.05) is 54.8 Å². The second kappa shape index (κ2) is 8.19. The predicted molar refractivity (Wildman–Crippen MR) is 125 cm³/mol. The molecule has 3 heterocycles. The van der Waals surface area contributed by atoms with Crippen molar-refractivity contribution in [3.05, 3.63) is 59.2 Å². The van der Waals surface area contributed by atoms with Crippen molar-refractivity contribution in [1.29, 1.82) is 0 Å². The van der Waals surface area contributed by atoms with Gasteiger partial charge in [0.25, 0.3) is 0 Å². The highest BCUT2D eigenvalue weighted by molar-refractivity contribution is 7.99. The largest absolute Gasteiger partial charge is 0.344 e. The summed E-state index contributed by atoms with van der Waals surface area (Å²) in [5, 5.41) is 9.55. The maximum Gasteiger partial charge on any atom is 0.196 e. The van der Waals surface area contributed by atoms with E-state index in [0.717, 1.165) is 40.9 Å². The number of thioether (sulfide) groups is 1. The lowest BCUT2D eigenvalue weighted by molar-refractivity contribution is 0.102. The first-order valence-corrected chi connectivity index (χ1v) is 13.7. The average Bonchev–Trinajstić information content (AvgIpc) is 3.32. The first-order chi connectivity index (χ1) is 15.3. The first kappa shape index (κ1) is 21.5. The van der Waals surface area contributed by atoms with Crippen LogP contribution in [0.2, 0.25) is 0 Å². The molecule has 1 aliphatic heterocycles. The Morgan fingerprint density at radius 1 is 1.12 bits per heavy atom. The average molecular weight is 471 g/mol. The Balaban J connectivity index is 1.37. The zero-order chi connectivity index (χ0) is 22.5. The molecule has 9 heteroatoms. The SMILES string of the molecule is Cc1cc(C(=O)CSc2nnc(C3CC3)n2-c2ccccc2)c(C)n1C1CCS(=O)(=O)C1. The summed E-state index contributed by atoms with van der Waals surface area (Å²) in [5.41, 5.74) is 3.45. The van der Waals surface area contributed by atoms with Crippen molar-refractivity contribution in [2.24, 2.45) is 0 Å². The highest BCUT2D eigenvalue weighted by Crippen LogP contribution is 2.41. The monoisotopic (exact) mass is 470 g/mol. The van der Waals surface area contributed by atoms with E-state index in [1.165, 1.54) is 11.8 Å². The van der Waals surface area contributed by atoms with Crippen LogP contribution >= 0.6 is 11.8 Å². The van der Waals surface area contributed by atoms with Gasteiger partial charge in [-0.1, -0.05) is 30.0 Å². The molecular weight excluding hydrogens is 444 g/mol.